The number of amides is 1. The molecule has 0 radical (unpaired) electrons. The van der Waals surface area contributed by atoms with Crippen LogP contribution in [0.4, 0.5) is 0 Å². The molecule has 0 aromatic heterocycles. The van der Waals surface area contributed by atoms with E-state index in [0.29, 0.717) is 6.42 Å². The van der Waals surface area contributed by atoms with E-state index in [0.717, 1.165) is 32.1 Å². The third-order valence-corrected chi connectivity index (χ3v) is 3.89. The fourth-order valence-electron chi connectivity index (χ4n) is 2.58. The van der Waals surface area contributed by atoms with Crippen LogP contribution in [0.25, 0.3) is 0 Å². The minimum absolute atomic E-state index is 0.0531. The zero-order valence-electron chi connectivity index (χ0n) is 10.8. The number of hydrogen-bond acceptors (Lipinski definition) is 2. The quantitative estimate of drug-likeness (QED) is 0.750. The van der Waals surface area contributed by atoms with Crippen molar-refractivity contribution in [1.29, 1.82) is 0 Å². The average Bonchev–Trinajstić information content (AvgIpc) is 2.76. The monoisotopic (exact) mass is 241 g/mol. The first-order valence-corrected chi connectivity index (χ1v) is 6.53. The Labute approximate surface area is 103 Å². The number of hydrogen-bond donors (Lipinski definition) is 2. The lowest BCUT2D eigenvalue weighted by Gasteiger charge is -2.28. The smallest absolute Gasteiger partial charge is 0.303 e. The van der Waals surface area contributed by atoms with Gasteiger partial charge in [0.2, 0.25) is 5.91 Å². The number of carboxylic acids is 1. The van der Waals surface area contributed by atoms with Crippen LogP contribution in [0.3, 0.4) is 0 Å². The van der Waals surface area contributed by atoms with Gasteiger partial charge in [0.15, 0.2) is 0 Å². The summed E-state index contributed by atoms with van der Waals surface area (Å²) in [5.74, 6) is -0.687. The number of nitrogens with one attached hydrogen (secondary N) is 1. The van der Waals surface area contributed by atoms with E-state index in [-0.39, 0.29) is 23.8 Å². The molecule has 1 rings (SSSR count). The maximum Gasteiger partial charge on any atom is 0.303 e. The van der Waals surface area contributed by atoms with E-state index in [9.17, 15) is 9.59 Å². The third kappa shape index (κ3) is 3.72. The van der Waals surface area contributed by atoms with Gasteiger partial charge in [-0.25, -0.2) is 0 Å². The van der Waals surface area contributed by atoms with Gasteiger partial charge in [0.05, 0.1) is 0 Å². The maximum atomic E-state index is 12.2. The van der Waals surface area contributed by atoms with Gasteiger partial charge in [-0.05, 0) is 32.6 Å². The molecule has 1 atom stereocenters. The zero-order chi connectivity index (χ0) is 12.9. The topological polar surface area (TPSA) is 66.4 Å². The highest BCUT2D eigenvalue weighted by Gasteiger charge is 2.39. The fraction of sp³-hybridized carbons (Fsp3) is 0.846. The first kappa shape index (κ1) is 14.0. The molecular weight excluding hydrogens is 218 g/mol. The Morgan fingerprint density at radius 3 is 2.41 bits per heavy atom. The largest absolute Gasteiger partial charge is 0.481 e. The summed E-state index contributed by atoms with van der Waals surface area (Å²) in [4.78, 5) is 22.6. The molecule has 4 nitrogen and oxygen atoms in total. The highest BCUT2D eigenvalue weighted by atomic mass is 16.4. The van der Waals surface area contributed by atoms with Crippen molar-refractivity contribution in [1.82, 2.24) is 5.32 Å². The van der Waals surface area contributed by atoms with Crippen molar-refractivity contribution in [2.45, 2.75) is 64.8 Å². The molecule has 1 unspecified atom stereocenters. The van der Waals surface area contributed by atoms with Gasteiger partial charge in [-0.3, -0.25) is 9.59 Å². The van der Waals surface area contributed by atoms with Crippen LogP contribution in [-0.4, -0.2) is 23.0 Å². The highest BCUT2D eigenvalue weighted by molar-refractivity contribution is 5.83. The normalized spacial score (nSPS) is 19.9. The Bertz CT molecular complexity index is 282. The van der Waals surface area contributed by atoms with Gasteiger partial charge in [-0.2, -0.15) is 0 Å². The van der Waals surface area contributed by atoms with Gasteiger partial charge in [0, 0.05) is 17.9 Å². The molecule has 1 amide bonds. The molecule has 1 saturated carbocycles. The number of aliphatic carboxylic acids is 1. The first-order valence-electron chi connectivity index (χ1n) is 6.53. The van der Waals surface area contributed by atoms with Crippen LogP contribution in [0, 0.1) is 5.41 Å². The van der Waals surface area contributed by atoms with E-state index in [1.165, 1.54) is 0 Å². The summed E-state index contributed by atoms with van der Waals surface area (Å²) < 4.78 is 0. The molecule has 2 N–H and O–H groups in total. The predicted octanol–water partition coefficient (Wildman–Crippen LogP) is 2.33. The van der Waals surface area contributed by atoms with Crippen molar-refractivity contribution in [3.05, 3.63) is 0 Å². The van der Waals surface area contributed by atoms with E-state index < -0.39 is 5.97 Å². The molecule has 0 spiro atoms. The summed E-state index contributed by atoms with van der Waals surface area (Å²) in [5.41, 5.74) is -0.183. The van der Waals surface area contributed by atoms with E-state index in [2.05, 4.69) is 12.2 Å². The molecule has 0 heterocycles. The minimum Gasteiger partial charge on any atom is -0.481 e. The number of carbonyl (C=O) groups excluding carboxylic acids is 1. The van der Waals surface area contributed by atoms with Gasteiger partial charge in [-0.1, -0.05) is 19.8 Å². The van der Waals surface area contributed by atoms with Crippen LogP contribution in [-0.2, 0) is 9.59 Å². The van der Waals surface area contributed by atoms with Crippen molar-refractivity contribution in [2.24, 2.45) is 5.41 Å². The molecule has 0 bridgehead atoms. The van der Waals surface area contributed by atoms with Crippen LogP contribution in [0.2, 0.25) is 0 Å². The summed E-state index contributed by atoms with van der Waals surface area (Å²) >= 11 is 0. The van der Waals surface area contributed by atoms with Gasteiger partial charge in [-0.15, -0.1) is 0 Å². The Morgan fingerprint density at radius 1 is 1.35 bits per heavy atom. The standard InChI is InChI=1S/C13H23NO3/c1-3-13(8-4-5-9-13)12(17)14-10(2)6-7-11(15)16/h10H,3-9H2,1-2H3,(H,14,17)(H,15,16). The average molecular weight is 241 g/mol. The van der Waals surface area contributed by atoms with Crippen LogP contribution >= 0.6 is 0 Å². The summed E-state index contributed by atoms with van der Waals surface area (Å²) in [5, 5.41) is 11.6. The van der Waals surface area contributed by atoms with Gasteiger partial charge in [0.25, 0.3) is 0 Å². The van der Waals surface area contributed by atoms with Crippen molar-refractivity contribution in [3.63, 3.8) is 0 Å². The molecule has 1 fully saturated rings. The van der Waals surface area contributed by atoms with E-state index in [1.54, 1.807) is 0 Å². The predicted molar refractivity (Wildman–Crippen MR) is 65.7 cm³/mol. The SMILES string of the molecule is CCC1(C(=O)NC(C)CCC(=O)O)CCCC1. The molecule has 4 heteroatoms. The lowest BCUT2D eigenvalue weighted by atomic mass is 9.82. The van der Waals surface area contributed by atoms with E-state index in [4.69, 9.17) is 5.11 Å². The fourth-order valence-corrected chi connectivity index (χ4v) is 2.58. The molecule has 0 saturated heterocycles. The molecule has 0 aromatic rings. The van der Waals surface area contributed by atoms with Crippen molar-refractivity contribution in [2.75, 3.05) is 0 Å². The molecule has 0 aromatic carbocycles. The van der Waals surface area contributed by atoms with Crippen LogP contribution in [0.1, 0.15) is 58.8 Å². The molecule has 1 aliphatic rings. The number of rotatable bonds is 6. The van der Waals surface area contributed by atoms with Crippen molar-refractivity contribution >= 4 is 11.9 Å². The number of carbonyl (C=O) groups is 2. The Morgan fingerprint density at radius 2 is 1.94 bits per heavy atom. The number of carboxylic acid groups (broad SMARTS) is 1. The van der Waals surface area contributed by atoms with Crippen LogP contribution < -0.4 is 5.32 Å². The molecule has 0 aliphatic heterocycles. The van der Waals surface area contributed by atoms with Gasteiger partial charge >= 0.3 is 5.97 Å². The molecular formula is C13H23NO3. The summed E-state index contributed by atoms with van der Waals surface area (Å²) in [7, 11) is 0. The first-order chi connectivity index (χ1) is 8.00. The van der Waals surface area contributed by atoms with Crippen LogP contribution in [0.15, 0.2) is 0 Å². The van der Waals surface area contributed by atoms with Gasteiger partial charge in [0.1, 0.15) is 0 Å². The molecule has 1 aliphatic carbocycles. The zero-order valence-corrected chi connectivity index (χ0v) is 10.8. The summed E-state index contributed by atoms with van der Waals surface area (Å²) in [6.45, 7) is 3.94. The summed E-state index contributed by atoms with van der Waals surface area (Å²) in [6, 6.07) is -0.0531. The van der Waals surface area contributed by atoms with Gasteiger partial charge < -0.3 is 10.4 Å². The van der Waals surface area contributed by atoms with E-state index in [1.807, 2.05) is 6.92 Å². The van der Waals surface area contributed by atoms with Crippen molar-refractivity contribution < 1.29 is 14.7 Å². The Hall–Kier alpha value is -1.06. The lowest BCUT2D eigenvalue weighted by Crippen LogP contribution is -2.43. The second kappa shape index (κ2) is 6.03. The Balaban J connectivity index is 2.44. The Kier molecular flexibility index (Phi) is 4.97. The van der Waals surface area contributed by atoms with Crippen molar-refractivity contribution in [3.8, 4) is 0 Å². The summed E-state index contributed by atoms with van der Waals surface area (Å²) in [6.07, 6.45) is 5.70. The highest BCUT2D eigenvalue weighted by Crippen LogP contribution is 2.41. The second-order valence-corrected chi connectivity index (χ2v) is 5.15. The van der Waals surface area contributed by atoms with Crippen LogP contribution in [0.5, 0.6) is 0 Å². The third-order valence-electron chi connectivity index (χ3n) is 3.89. The minimum atomic E-state index is -0.808. The maximum absolute atomic E-state index is 12.2. The van der Waals surface area contributed by atoms with E-state index >= 15 is 0 Å². The second-order valence-electron chi connectivity index (χ2n) is 5.15. The molecule has 98 valence electrons. The lowest BCUT2D eigenvalue weighted by molar-refractivity contribution is -0.138. The molecule has 17 heavy (non-hydrogen) atoms.